The van der Waals surface area contributed by atoms with Crippen LogP contribution in [0.15, 0.2) is 59.5 Å². The van der Waals surface area contributed by atoms with Crippen molar-refractivity contribution in [2.45, 2.75) is 6.54 Å². The van der Waals surface area contributed by atoms with Gasteiger partial charge in [-0.3, -0.25) is 9.59 Å². The van der Waals surface area contributed by atoms with Gasteiger partial charge in [-0.05, 0) is 30.3 Å². The molecular weight excluding hydrogens is 406 g/mol. The Morgan fingerprint density at radius 3 is 2.44 bits per heavy atom. The van der Waals surface area contributed by atoms with Crippen LogP contribution in [0.2, 0.25) is 0 Å². The zero-order valence-electron chi connectivity index (χ0n) is 18.2. The number of hydrogen-bond acceptors (Lipinski definition) is 5. The quantitative estimate of drug-likeness (QED) is 0.496. The molecule has 164 valence electrons. The predicted octanol–water partition coefficient (Wildman–Crippen LogP) is 2.25. The third-order valence-corrected chi connectivity index (χ3v) is 6.26. The molecule has 1 amide bonds. The summed E-state index contributed by atoms with van der Waals surface area (Å²) in [5.74, 6) is 0.732. The summed E-state index contributed by atoms with van der Waals surface area (Å²) in [7, 11) is 3.52. The van der Waals surface area contributed by atoms with Gasteiger partial charge in [0.1, 0.15) is 17.8 Å². The summed E-state index contributed by atoms with van der Waals surface area (Å²) in [6, 6.07) is 15.8. The molecule has 3 heterocycles. The highest BCUT2D eigenvalue weighted by atomic mass is 16.5. The second-order valence-electron chi connectivity index (χ2n) is 8.01. The van der Waals surface area contributed by atoms with Crippen molar-refractivity contribution in [1.82, 2.24) is 19.2 Å². The van der Waals surface area contributed by atoms with Gasteiger partial charge in [0.25, 0.3) is 5.56 Å². The van der Waals surface area contributed by atoms with Gasteiger partial charge in [0.05, 0.1) is 13.3 Å². The number of carbonyl (C=O) groups is 1. The molecular formula is C24H25N5O3. The van der Waals surface area contributed by atoms with Gasteiger partial charge in [-0.1, -0.05) is 18.2 Å². The van der Waals surface area contributed by atoms with Gasteiger partial charge in [0.15, 0.2) is 0 Å². The molecule has 1 aliphatic rings. The van der Waals surface area contributed by atoms with Crippen LogP contribution >= 0.6 is 0 Å². The van der Waals surface area contributed by atoms with Crippen molar-refractivity contribution in [3.63, 3.8) is 0 Å². The second-order valence-corrected chi connectivity index (χ2v) is 8.01. The summed E-state index contributed by atoms with van der Waals surface area (Å²) < 4.78 is 8.37. The first-order valence-corrected chi connectivity index (χ1v) is 10.7. The number of anilines is 1. The summed E-state index contributed by atoms with van der Waals surface area (Å²) in [6.45, 7) is 2.63. The molecule has 0 N–H and O–H groups in total. The van der Waals surface area contributed by atoms with E-state index in [1.165, 1.54) is 4.68 Å². The third kappa shape index (κ3) is 3.37. The monoisotopic (exact) mass is 431 g/mol. The minimum absolute atomic E-state index is 0.0567. The molecule has 4 aromatic rings. The number of benzene rings is 2. The van der Waals surface area contributed by atoms with Crippen LogP contribution in [-0.4, -0.2) is 58.4 Å². The van der Waals surface area contributed by atoms with E-state index in [4.69, 9.17) is 4.74 Å². The van der Waals surface area contributed by atoms with Crippen LogP contribution in [0.5, 0.6) is 5.75 Å². The van der Waals surface area contributed by atoms with Crippen LogP contribution in [-0.2, 0) is 18.4 Å². The molecule has 8 nitrogen and oxygen atoms in total. The SMILES string of the molecule is COc1ccc(N2CCN(C(=O)Cn3ncc4c5ccccc5n(C)c4c3=O)CC2)cc1. The first-order chi connectivity index (χ1) is 15.6. The van der Waals surface area contributed by atoms with Crippen LogP contribution in [0.3, 0.4) is 0 Å². The molecule has 0 bridgehead atoms. The molecule has 8 heteroatoms. The average Bonchev–Trinajstić information content (AvgIpc) is 3.13. The first-order valence-electron chi connectivity index (χ1n) is 10.7. The largest absolute Gasteiger partial charge is 0.497 e. The number of aromatic nitrogens is 3. The Labute approximate surface area is 185 Å². The molecule has 32 heavy (non-hydrogen) atoms. The highest BCUT2D eigenvalue weighted by Gasteiger charge is 2.23. The second kappa shape index (κ2) is 8.03. The van der Waals surface area contributed by atoms with Gasteiger partial charge in [0.2, 0.25) is 5.91 Å². The maximum atomic E-state index is 13.1. The van der Waals surface area contributed by atoms with E-state index in [-0.39, 0.29) is 18.0 Å². The van der Waals surface area contributed by atoms with Gasteiger partial charge >= 0.3 is 0 Å². The summed E-state index contributed by atoms with van der Waals surface area (Å²) in [5, 5.41) is 6.10. The smallest absolute Gasteiger partial charge is 0.291 e. The Morgan fingerprint density at radius 1 is 1.00 bits per heavy atom. The minimum Gasteiger partial charge on any atom is -0.497 e. The number of para-hydroxylation sites is 1. The maximum Gasteiger partial charge on any atom is 0.291 e. The van der Waals surface area contributed by atoms with E-state index in [0.29, 0.717) is 18.6 Å². The van der Waals surface area contributed by atoms with E-state index in [1.807, 2.05) is 60.1 Å². The number of ether oxygens (including phenoxy) is 1. The lowest BCUT2D eigenvalue weighted by Crippen LogP contribution is -2.50. The Hall–Kier alpha value is -3.81. The number of carbonyl (C=O) groups excluding carboxylic acids is 1. The van der Waals surface area contributed by atoms with Crippen LogP contribution in [0.25, 0.3) is 21.8 Å². The molecule has 0 atom stereocenters. The third-order valence-electron chi connectivity index (χ3n) is 6.26. The Bertz CT molecular complexity index is 1350. The molecule has 0 radical (unpaired) electrons. The lowest BCUT2D eigenvalue weighted by atomic mass is 10.2. The fraction of sp³-hybridized carbons (Fsp3) is 0.292. The fourth-order valence-electron chi connectivity index (χ4n) is 4.46. The molecule has 0 aliphatic carbocycles. The van der Waals surface area contributed by atoms with Gasteiger partial charge in [-0.2, -0.15) is 5.10 Å². The number of piperazine rings is 1. The Morgan fingerprint density at radius 2 is 1.72 bits per heavy atom. The van der Waals surface area contributed by atoms with Crippen LogP contribution in [0, 0.1) is 0 Å². The topological polar surface area (TPSA) is 72.6 Å². The molecule has 1 aliphatic heterocycles. The van der Waals surface area contributed by atoms with Crippen LogP contribution in [0.4, 0.5) is 5.69 Å². The highest BCUT2D eigenvalue weighted by molar-refractivity contribution is 6.07. The minimum atomic E-state index is -0.244. The molecule has 0 unspecified atom stereocenters. The van der Waals surface area contributed by atoms with Crippen LogP contribution < -0.4 is 15.2 Å². The number of aryl methyl sites for hydroxylation is 1. The highest BCUT2D eigenvalue weighted by Crippen LogP contribution is 2.25. The lowest BCUT2D eigenvalue weighted by molar-refractivity contribution is -0.132. The first kappa shape index (κ1) is 20.1. The van der Waals surface area contributed by atoms with E-state index >= 15 is 0 Å². The lowest BCUT2D eigenvalue weighted by Gasteiger charge is -2.36. The van der Waals surface area contributed by atoms with Crippen molar-refractivity contribution >= 4 is 33.4 Å². The molecule has 1 saturated heterocycles. The van der Waals surface area contributed by atoms with E-state index in [9.17, 15) is 9.59 Å². The van der Waals surface area contributed by atoms with E-state index in [1.54, 1.807) is 18.2 Å². The molecule has 2 aromatic heterocycles. The number of hydrogen-bond donors (Lipinski definition) is 0. The van der Waals surface area contributed by atoms with Gasteiger partial charge in [0, 0.05) is 55.2 Å². The molecule has 5 rings (SSSR count). The zero-order valence-corrected chi connectivity index (χ0v) is 18.2. The fourth-order valence-corrected chi connectivity index (χ4v) is 4.46. The number of methoxy groups -OCH3 is 1. The molecule has 1 fully saturated rings. The average molecular weight is 431 g/mol. The predicted molar refractivity (Wildman–Crippen MR) is 124 cm³/mol. The number of nitrogens with zero attached hydrogens (tertiary/aromatic N) is 5. The molecule has 2 aromatic carbocycles. The summed E-state index contributed by atoms with van der Waals surface area (Å²) in [5.41, 5.74) is 2.40. The molecule has 0 spiro atoms. The van der Waals surface area contributed by atoms with Crippen molar-refractivity contribution in [3.05, 3.63) is 65.1 Å². The van der Waals surface area contributed by atoms with Crippen molar-refractivity contribution in [2.75, 3.05) is 38.2 Å². The summed E-state index contributed by atoms with van der Waals surface area (Å²) in [6.07, 6.45) is 1.69. The van der Waals surface area contributed by atoms with Gasteiger partial charge in [-0.15, -0.1) is 0 Å². The van der Waals surface area contributed by atoms with Gasteiger partial charge < -0.3 is 19.1 Å². The normalized spacial score (nSPS) is 14.3. The number of fused-ring (bicyclic) bond motifs is 3. The van der Waals surface area contributed by atoms with Gasteiger partial charge in [-0.25, -0.2) is 4.68 Å². The van der Waals surface area contributed by atoms with Crippen LogP contribution in [0.1, 0.15) is 0 Å². The summed E-state index contributed by atoms with van der Waals surface area (Å²) >= 11 is 0. The summed E-state index contributed by atoms with van der Waals surface area (Å²) in [4.78, 5) is 30.1. The zero-order chi connectivity index (χ0) is 22.2. The van der Waals surface area contributed by atoms with E-state index in [2.05, 4.69) is 10.00 Å². The van der Waals surface area contributed by atoms with Crippen molar-refractivity contribution < 1.29 is 9.53 Å². The standard InChI is InChI=1S/C24H25N5O3/c1-26-21-6-4-3-5-19(21)20-15-25-29(24(31)23(20)26)16-22(30)28-13-11-27(12-14-28)17-7-9-18(32-2)10-8-17/h3-10,15H,11-14,16H2,1-2H3. The van der Waals surface area contributed by atoms with E-state index < -0.39 is 0 Å². The molecule has 0 saturated carbocycles. The van der Waals surface area contributed by atoms with Crippen molar-refractivity contribution in [3.8, 4) is 5.75 Å². The number of rotatable bonds is 4. The Balaban J connectivity index is 1.31. The Kier molecular flexibility index (Phi) is 5.05. The maximum absolute atomic E-state index is 13.1. The van der Waals surface area contributed by atoms with Crippen molar-refractivity contribution in [2.24, 2.45) is 7.05 Å². The van der Waals surface area contributed by atoms with Crippen molar-refractivity contribution in [1.29, 1.82) is 0 Å². The van der Waals surface area contributed by atoms with E-state index in [0.717, 1.165) is 40.8 Å². The number of amides is 1.